The van der Waals surface area contributed by atoms with Gasteiger partial charge in [-0.15, -0.1) is 0 Å². The fraction of sp³-hybridized carbons (Fsp3) is 1.00. The summed E-state index contributed by atoms with van der Waals surface area (Å²) in [7, 11) is 0. The van der Waals surface area contributed by atoms with Crippen molar-refractivity contribution in [2.24, 2.45) is 0 Å². The SMILES string of the molecule is CCN1CCOC2(C1)CN(C(C)C)C2. The van der Waals surface area contributed by atoms with Gasteiger partial charge in [0.25, 0.3) is 0 Å². The molecule has 0 amide bonds. The quantitative estimate of drug-likeness (QED) is 0.653. The lowest BCUT2D eigenvalue weighted by Crippen LogP contribution is -2.71. The Kier molecular flexibility index (Phi) is 2.82. The molecule has 2 fully saturated rings. The maximum absolute atomic E-state index is 5.93. The molecule has 3 heteroatoms. The van der Waals surface area contributed by atoms with Crippen LogP contribution in [0.15, 0.2) is 0 Å². The predicted molar refractivity (Wildman–Crippen MR) is 57.5 cm³/mol. The Bertz CT molecular complexity index is 199. The molecule has 0 aliphatic carbocycles. The van der Waals surface area contributed by atoms with Crippen molar-refractivity contribution in [1.29, 1.82) is 0 Å². The van der Waals surface area contributed by atoms with Crippen molar-refractivity contribution in [3.05, 3.63) is 0 Å². The number of hydrogen-bond acceptors (Lipinski definition) is 3. The maximum atomic E-state index is 5.93. The first-order valence-corrected chi connectivity index (χ1v) is 5.75. The van der Waals surface area contributed by atoms with Crippen molar-refractivity contribution >= 4 is 0 Å². The van der Waals surface area contributed by atoms with Gasteiger partial charge in [-0.05, 0) is 20.4 Å². The molecule has 2 aliphatic heterocycles. The minimum atomic E-state index is 0.179. The molecule has 2 rings (SSSR count). The highest BCUT2D eigenvalue weighted by Gasteiger charge is 2.47. The highest BCUT2D eigenvalue weighted by atomic mass is 16.5. The minimum absolute atomic E-state index is 0.179. The van der Waals surface area contributed by atoms with E-state index in [-0.39, 0.29) is 5.60 Å². The van der Waals surface area contributed by atoms with E-state index in [1.165, 1.54) is 0 Å². The molecule has 0 radical (unpaired) electrons. The molecule has 2 heterocycles. The van der Waals surface area contributed by atoms with E-state index >= 15 is 0 Å². The molecule has 3 nitrogen and oxygen atoms in total. The van der Waals surface area contributed by atoms with Crippen LogP contribution in [0.4, 0.5) is 0 Å². The summed E-state index contributed by atoms with van der Waals surface area (Å²) in [4.78, 5) is 4.99. The van der Waals surface area contributed by atoms with Gasteiger partial charge in [-0.3, -0.25) is 9.80 Å². The molecular formula is C11H22N2O. The third-order valence-corrected chi connectivity index (χ3v) is 3.49. The van der Waals surface area contributed by atoms with Crippen LogP contribution in [0.5, 0.6) is 0 Å². The van der Waals surface area contributed by atoms with E-state index in [9.17, 15) is 0 Å². The van der Waals surface area contributed by atoms with Crippen molar-refractivity contribution in [1.82, 2.24) is 9.80 Å². The third kappa shape index (κ3) is 1.81. The monoisotopic (exact) mass is 198 g/mol. The summed E-state index contributed by atoms with van der Waals surface area (Å²) in [6, 6.07) is 0.668. The summed E-state index contributed by atoms with van der Waals surface area (Å²) in [5.41, 5.74) is 0.179. The summed E-state index contributed by atoms with van der Waals surface area (Å²) in [5, 5.41) is 0. The second-order valence-electron chi connectivity index (χ2n) is 4.90. The van der Waals surface area contributed by atoms with E-state index in [1.54, 1.807) is 0 Å². The van der Waals surface area contributed by atoms with E-state index in [0.29, 0.717) is 6.04 Å². The number of likely N-dealkylation sites (N-methyl/N-ethyl adjacent to an activating group) is 1. The molecule has 0 aromatic carbocycles. The van der Waals surface area contributed by atoms with E-state index < -0.39 is 0 Å². The molecule has 2 saturated heterocycles. The lowest BCUT2D eigenvalue weighted by molar-refractivity contribution is -0.189. The zero-order chi connectivity index (χ0) is 10.2. The summed E-state index contributed by atoms with van der Waals surface area (Å²) in [5.74, 6) is 0. The fourth-order valence-corrected chi connectivity index (χ4v) is 2.44. The van der Waals surface area contributed by atoms with Crippen LogP contribution in [-0.4, -0.2) is 60.8 Å². The van der Waals surface area contributed by atoms with E-state index in [4.69, 9.17) is 4.74 Å². The van der Waals surface area contributed by atoms with Gasteiger partial charge < -0.3 is 4.74 Å². The van der Waals surface area contributed by atoms with Gasteiger partial charge in [0.05, 0.1) is 6.61 Å². The number of morpholine rings is 1. The number of nitrogens with zero attached hydrogens (tertiary/aromatic N) is 2. The molecule has 0 N–H and O–H groups in total. The van der Waals surface area contributed by atoms with Crippen LogP contribution in [-0.2, 0) is 4.74 Å². The highest BCUT2D eigenvalue weighted by Crippen LogP contribution is 2.30. The van der Waals surface area contributed by atoms with Crippen molar-refractivity contribution in [2.75, 3.05) is 39.3 Å². The Balaban J connectivity index is 1.87. The summed E-state index contributed by atoms with van der Waals surface area (Å²) >= 11 is 0. The first-order valence-electron chi connectivity index (χ1n) is 5.75. The van der Waals surface area contributed by atoms with Crippen LogP contribution in [0.2, 0.25) is 0 Å². The standard InChI is InChI=1S/C11H22N2O/c1-4-12-5-6-14-11(7-12)8-13(9-11)10(2)3/h10H,4-9H2,1-3H3. The molecule has 0 bridgehead atoms. The van der Waals surface area contributed by atoms with Crippen molar-refractivity contribution in [3.8, 4) is 0 Å². The molecule has 0 aromatic rings. The average Bonchev–Trinajstić information content (AvgIpc) is 2.14. The maximum Gasteiger partial charge on any atom is 0.106 e. The molecule has 1 spiro atoms. The Morgan fingerprint density at radius 2 is 2.00 bits per heavy atom. The number of likely N-dealkylation sites (tertiary alicyclic amines) is 1. The lowest BCUT2D eigenvalue weighted by atomic mass is 9.90. The van der Waals surface area contributed by atoms with Crippen LogP contribution >= 0.6 is 0 Å². The Morgan fingerprint density at radius 1 is 1.29 bits per heavy atom. The lowest BCUT2D eigenvalue weighted by Gasteiger charge is -2.55. The Labute approximate surface area is 87.0 Å². The van der Waals surface area contributed by atoms with E-state index in [1.807, 2.05) is 0 Å². The van der Waals surface area contributed by atoms with Gasteiger partial charge in [-0.1, -0.05) is 6.92 Å². The molecule has 0 atom stereocenters. The van der Waals surface area contributed by atoms with Gasteiger partial charge in [-0.2, -0.15) is 0 Å². The molecule has 82 valence electrons. The first-order chi connectivity index (χ1) is 6.65. The summed E-state index contributed by atoms with van der Waals surface area (Å²) < 4.78 is 5.93. The Hall–Kier alpha value is -0.120. The first kappa shape index (κ1) is 10.4. The molecular weight excluding hydrogens is 176 g/mol. The molecule has 14 heavy (non-hydrogen) atoms. The highest BCUT2D eigenvalue weighted by molar-refractivity contribution is 5.02. The van der Waals surface area contributed by atoms with E-state index in [2.05, 4.69) is 30.6 Å². The average molecular weight is 198 g/mol. The van der Waals surface area contributed by atoms with Gasteiger partial charge >= 0.3 is 0 Å². The predicted octanol–water partition coefficient (Wildman–Crippen LogP) is 0.801. The Morgan fingerprint density at radius 3 is 2.57 bits per heavy atom. The molecule has 2 aliphatic rings. The van der Waals surface area contributed by atoms with Crippen LogP contribution < -0.4 is 0 Å². The summed E-state index contributed by atoms with van der Waals surface area (Å²) in [6.07, 6.45) is 0. The van der Waals surface area contributed by atoms with Gasteiger partial charge in [0, 0.05) is 32.2 Å². The summed E-state index contributed by atoms with van der Waals surface area (Å²) in [6.45, 7) is 13.3. The van der Waals surface area contributed by atoms with E-state index in [0.717, 1.165) is 39.3 Å². The van der Waals surface area contributed by atoms with Crippen LogP contribution in [0, 0.1) is 0 Å². The van der Waals surface area contributed by atoms with Gasteiger partial charge in [0.15, 0.2) is 0 Å². The number of hydrogen-bond donors (Lipinski definition) is 0. The fourth-order valence-electron chi connectivity index (χ4n) is 2.44. The van der Waals surface area contributed by atoms with Crippen molar-refractivity contribution < 1.29 is 4.74 Å². The second-order valence-corrected chi connectivity index (χ2v) is 4.90. The van der Waals surface area contributed by atoms with Crippen molar-refractivity contribution in [2.45, 2.75) is 32.4 Å². The second kappa shape index (κ2) is 3.80. The smallest absolute Gasteiger partial charge is 0.106 e. The largest absolute Gasteiger partial charge is 0.370 e. The molecule has 0 aromatic heterocycles. The molecule has 0 unspecified atom stereocenters. The number of ether oxygens (including phenoxy) is 1. The van der Waals surface area contributed by atoms with Crippen LogP contribution in [0.1, 0.15) is 20.8 Å². The minimum Gasteiger partial charge on any atom is -0.370 e. The van der Waals surface area contributed by atoms with Crippen LogP contribution in [0.3, 0.4) is 0 Å². The normalized spacial score (nSPS) is 28.3. The molecule has 0 saturated carbocycles. The van der Waals surface area contributed by atoms with Crippen molar-refractivity contribution in [3.63, 3.8) is 0 Å². The van der Waals surface area contributed by atoms with Gasteiger partial charge in [0.1, 0.15) is 5.60 Å². The topological polar surface area (TPSA) is 15.7 Å². The number of rotatable bonds is 2. The van der Waals surface area contributed by atoms with Crippen LogP contribution in [0.25, 0.3) is 0 Å². The van der Waals surface area contributed by atoms with Gasteiger partial charge in [0.2, 0.25) is 0 Å². The third-order valence-electron chi connectivity index (χ3n) is 3.49. The van der Waals surface area contributed by atoms with Gasteiger partial charge in [-0.25, -0.2) is 0 Å². The zero-order valence-corrected chi connectivity index (χ0v) is 9.62. The zero-order valence-electron chi connectivity index (χ0n) is 9.62.